The SMILES string of the molecule is CC(=O)NC(c1ccc(Cl)cc1)(c1ccc2c(c1)c(-c1nc(-c3ccccc3)cs1)cc(=O)n2C)c1nccn1C. The molecule has 0 aliphatic heterocycles. The molecule has 6 aromatic rings. The molecule has 6 rings (SSSR count). The number of fused-ring (bicyclic) bond motifs is 1. The highest BCUT2D eigenvalue weighted by molar-refractivity contribution is 7.13. The van der Waals surface area contributed by atoms with E-state index in [9.17, 15) is 9.59 Å². The minimum atomic E-state index is -1.15. The molecule has 1 N–H and O–H groups in total. The summed E-state index contributed by atoms with van der Waals surface area (Å²) in [6.45, 7) is 1.49. The fourth-order valence-corrected chi connectivity index (χ4v) is 6.31. The number of thiazole rings is 1. The van der Waals surface area contributed by atoms with Crippen LogP contribution in [0.25, 0.3) is 32.7 Å². The molecule has 0 aliphatic rings. The van der Waals surface area contributed by atoms with Crippen molar-refractivity contribution in [2.75, 3.05) is 0 Å². The van der Waals surface area contributed by atoms with E-state index in [1.165, 1.54) is 18.3 Å². The number of halogens is 1. The standard InChI is InChI=1S/C32H26ClN5O2S/c1-20(39)36-32(31-34-15-16-37(31)2,22-9-12-24(33)13-10-22)23-11-14-28-25(17-23)26(18-29(40)38(28)3)30-35-27(19-41-30)21-7-5-4-6-8-21/h4-19H,1-3H3,(H,36,39). The summed E-state index contributed by atoms with van der Waals surface area (Å²) in [5, 5.41) is 7.36. The molecule has 9 heteroatoms. The molecule has 0 bridgehead atoms. The van der Waals surface area contributed by atoms with Crippen LogP contribution >= 0.6 is 22.9 Å². The lowest BCUT2D eigenvalue weighted by molar-refractivity contribution is -0.120. The molecule has 3 aromatic carbocycles. The average Bonchev–Trinajstić information content (AvgIpc) is 3.64. The smallest absolute Gasteiger partial charge is 0.251 e. The van der Waals surface area contributed by atoms with E-state index in [1.807, 2.05) is 83.9 Å². The maximum atomic E-state index is 13.1. The van der Waals surface area contributed by atoms with Gasteiger partial charge in [-0.3, -0.25) is 9.59 Å². The molecule has 204 valence electrons. The van der Waals surface area contributed by atoms with Gasteiger partial charge in [0.15, 0.2) is 0 Å². The number of benzene rings is 3. The normalized spacial score (nSPS) is 12.8. The predicted molar refractivity (Wildman–Crippen MR) is 164 cm³/mol. The van der Waals surface area contributed by atoms with Crippen LogP contribution in [0.1, 0.15) is 23.9 Å². The molecule has 7 nitrogen and oxygen atoms in total. The maximum Gasteiger partial charge on any atom is 0.251 e. The summed E-state index contributed by atoms with van der Waals surface area (Å²) in [5.41, 5.74) is 3.61. The van der Waals surface area contributed by atoms with Crippen molar-refractivity contribution in [2.24, 2.45) is 14.1 Å². The molecule has 1 amide bonds. The van der Waals surface area contributed by atoms with Crippen LogP contribution in [-0.4, -0.2) is 25.0 Å². The number of amides is 1. The fraction of sp³-hybridized carbons (Fsp3) is 0.125. The van der Waals surface area contributed by atoms with Gasteiger partial charge in [-0.05, 0) is 35.4 Å². The van der Waals surface area contributed by atoms with Gasteiger partial charge in [0.2, 0.25) is 5.91 Å². The van der Waals surface area contributed by atoms with Crippen LogP contribution in [0.15, 0.2) is 101 Å². The van der Waals surface area contributed by atoms with Crippen molar-refractivity contribution in [3.8, 4) is 21.8 Å². The highest BCUT2D eigenvalue weighted by Gasteiger charge is 2.41. The number of carbonyl (C=O) groups is 1. The molecule has 0 aliphatic carbocycles. The van der Waals surface area contributed by atoms with Gasteiger partial charge in [0.1, 0.15) is 16.4 Å². The number of hydrogen-bond acceptors (Lipinski definition) is 5. The van der Waals surface area contributed by atoms with Crippen molar-refractivity contribution < 1.29 is 4.79 Å². The van der Waals surface area contributed by atoms with Crippen molar-refractivity contribution >= 4 is 39.7 Å². The highest BCUT2D eigenvalue weighted by atomic mass is 35.5. The number of nitrogens with one attached hydrogen (secondary N) is 1. The third-order valence-corrected chi connectivity index (χ3v) is 8.41. The number of pyridine rings is 1. The Morgan fingerprint density at radius 3 is 2.39 bits per heavy atom. The number of aryl methyl sites for hydroxylation is 2. The zero-order chi connectivity index (χ0) is 28.7. The number of rotatable bonds is 6. The minimum absolute atomic E-state index is 0.133. The summed E-state index contributed by atoms with van der Waals surface area (Å²) < 4.78 is 3.51. The monoisotopic (exact) mass is 579 g/mol. The molecule has 1 unspecified atom stereocenters. The van der Waals surface area contributed by atoms with Crippen LogP contribution in [0.3, 0.4) is 0 Å². The molecule has 1 atom stereocenters. The van der Waals surface area contributed by atoms with E-state index in [-0.39, 0.29) is 11.5 Å². The quantitative estimate of drug-likeness (QED) is 0.257. The van der Waals surface area contributed by atoms with Gasteiger partial charge in [0, 0.05) is 66.4 Å². The van der Waals surface area contributed by atoms with Crippen LogP contribution in [0, 0.1) is 0 Å². The molecular weight excluding hydrogens is 554 g/mol. The van der Waals surface area contributed by atoms with E-state index >= 15 is 0 Å². The molecular formula is C32H26ClN5O2S. The minimum Gasteiger partial charge on any atom is -0.336 e. The van der Waals surface area contributed by atoms with Crippen molar-refractivity contribution in [1.29, 1.82) is 0 Å². The second-order valence-corrected chi connectivity index (χ2v) is 11.2. The Kier molecular flexibility index (Phi) is 6.81. The number of nitrogens with zero attached hydrogens (tertiary/aromatic N) is 4. The van der Waals surface area contributed by atoms with E-state index in [0.29, 0.717) is 10.8 Å². The summed E-state index contributed by atoms with van der Waals surface area (Å²) in [6.07, 6.45) is 3.55. The second kappa shape index (κ2) is 10.5. The Morgan fingerprint density at radius 2 is 1.71 bits per heavy atom. The number of carbonyl (C=O) groups excluding carboxylic acids is 1. The van der Waals surface area contributed by atoms with E-state index in [0.717, 1.165) is 43.9 Å². The third-order valence-electron chi connectivity index (χ3n) is 7.28. The van der Waals surface area contributed by atoms with Gasteiger partial charge in [-0.2, -0.15) is 0 Å². The number of hydrogen-bond donors (Lipinski definition) is 1. The van der Waals surface area contributed by atoms with Crippen molar-refractivity contribution in [2.45, 2.75) is 12.5 Å². The van der Waals surface area contributed by atoms with Crippen molar-refractivity contribution in [3.05, 3.63) is 129 Å². The summed E-state index contributed by atoms with van der Waals surface area (Å²) in [7, 11) is 3.65. The van der Waals surface area contributed by atoms with Crippen LogP contribution in [0.5, 0.6) is 0 Å². The third kappa shape index (κ3) is 4.65. The molecule has 41 heavy (non-hydrogen) atoms. The first-order chi connectivity index (χ1) is 19.8. The Hall–Kier alpha value is -4.53. The Bertz CT molecular complexity index is 1960. The molecule has 0 saturated heterocycles. The van der Waals surface area contributed by atoms with Crippen LogP contribution in [0.2, 0.25) is 5.02 Å². The molecule has 0 spiro atoms. The van der Waals surface area contributed by atoms with E-state index in [2.05, 4.69) is 5.32 Å². The molecule has 3 heterocycles. The Morgan fingerprint density at radius 1 is 0.976 bits per heavy atom. The number of imidazole rings is 1. The zero-order valence-electron chi connectivity index (χ0n) is 22.6. The van der Waals surface area contributed by atoms with Gasteiger partial charge >= 0.3 is 0 Å². The lowest BCUT2D eigenvalue weighted by Crippen LogP contribution is -2.48. The maximum absolute atomic E-state index is 13.1. The summed E-state index contributed by atoms with van der Waals surface area (Å²) in [4.78, 5) is 35.5. The average molecular weight is 580 g/mol. The topological polar surface area (TPSA) is 81.8 Å². The Balaban J connectivity index is 1.64. The van der Waals surface area contributed by atoms with E-state index in [1.54, 1.807) is 36.0 Å². The summed E-state index contributed by atoms with van der Waals surface area (Å²) in [6, 6.07) is 24.8. The molecule has 0 fully saturated rings. The van der Waals surface area contributed by atoms with Gasteiger partial charge < -0.3 is 14.5 Å². The van der Waals surface area contributed by atoms with Gasteiger partial charge in [-0.25, -0.2) is 9.97 Å². The van der Waals surface area contributed by atoms with E-state index < -0.39 is 5.54 Å². The fourth-order valence-electron chi connectivity index (χ4n) is 5.33. The predicted octanol–water partition coefficient (Wildman–Crippen LogP) is 6.14. The van der Waals surface area contributed by atoms with Gasteiger partial charge in [-0.15, -0.1) is 11.3 Å². The Labute approximate surface area is 245 Å². The van der Waals surface area contributed by atoms with Crippen molar-refractivity contribution in [3.63, 3.8) is 0 Å². The van der Waals surface area contributed by atoms with Crippen LogP contribution < -0.4 is 10.9 Å². The largest absolute Gasteiger partial charge is 0.336 e. The first-order valence-electron chi connectivity index (χ1n) is 13.0. The first-order valence-corrected chi connectivity index (χ1v) is 14.2. The summed E-state index contributed by atoms with van der Waals surface area (Å²) >= 11 is 7.76. The van der Waals surface area contributed by atoms with Crippen LogP contribution in [-0.2, 0) is 24.4 Å². The molecule has 0 saturated carbocycles. The van der Waals surface area contributed by atoms with Gasteiger partial charge in [-0.1, -0.05) is 60.1 Å². The number of aromatic nitrogens is 4. The molecule has 0 radical (unpaired) electrons. The lowest BCUT2D eigenvalue weighted by atomic mass is 9.80. The van der Waals surface area contributed by atoms with Gasteiger partial charge in [0.25, 0.3) is 5.56 Å². The molecule has 3 aromatic heterocycles. The lowest BCUT2D eigenvalue weighted by Gasteiger charge is -2.35. The van der Waals surface area contributed by atoms with E-state index in [4.69, 9.17) is 21.6 Å². The first kappa shape index (κ1) is 26.7. The second-order valence-electron chi connectivity index (χ2n) is 9.89. The highest BCUT2D eigenvalue weighted by Crippen LogP contribution is 2.40. The van der Waals surface area contributed by atoms with Crippen molar-refractivity contribution in [1.82, 2.24) is 24.4 Å². The van der Waals surface area contributed by atoms with Crippen LogP contribution in [0.4, 0.5) is 0 Å². The zero-order valence-corrected chi connectivity index (χ0v) is 24.2. The van der Waals surface area contributed by atoms with Gasteiger partial charge in [0.05, 0.1) is 11.2 Å². The summed E-state index contributed by atoms with van der Waals surface area (Å²) in [5.74, 6) is 0.400.